The average molecular weight is 214 g/mol. The Morgan fingerprint density at radius 1 is 1.50 bits per heavy atom. The minimum Gasteiger partial charge on any atom is -0.455 e. The summed E-state index contributed by atoms with van der Waals surface area (Å²) in [5, 5.41) is 2.09. The lowest BCUT2D eigenvalue weighted by Crippen LogP contribution is -2.25. The zero-order valence-corrected chi connectivity index (χ0v) is 9.57. The molecule has 0 amide bonds. The van der Waals surface area contributed by atoms with Gasteiger partial charge in [-0.15, -0.1) is 0 Å². The van der Waals surface area contributed by atoms with Crippen molar-refractivity contribution in [2.24, 2.45) is 10.7 Å². The van der Waals surface area contributed by atoms with E-state index in [0.717, 1.165) is 0 Å². The third-order valence-electron chi connectivity index (χ3n) is 1.12. The second kappa shape index (κ2) is 4.88. The van der Waals surface area contributed by atoms with Crippen LogP contribution in [0.3, 0.4) is 0 Å². The van der Waals surface area contributed by atoms with E-state index in [1.54, 1.807) is 27.7 Å². The fraction of sp³-hybridized carbons (Fsp3) is 0.556. The highest BCUT2D eigenvalue weighted by Gasteiger charge is 2.20. The first-order valence-corrected chi connectivity index (χ1v) is 4.46. The first-order valence-electron chi connectivity index (χ1n) is 4.05. The Balaban J connectivity index is 4.83. The van der Waals surface area contributed by atoms with E-state index >= 15 is 0 Å². The molecule has 5 heteroatoms. The molecule has 2 N–H and O–H groups in total. The molecule has 0 aromatic carbocycles. The normalized spacial score (nSPS) is 12.6. The van der Waals surface area contributed by atoms with Crippen LogP contribution in [0.2, 0.25) is 0 Å². The number of esters is 1. The van der Waals surface area contributed by atoms with E-state index in [1.807, 2.05) is 0 Å². The molecule has 0 saturated carbocycles. The van der Waals surface area contributed by atoms with Gasteiger partial charge in [-0.05, 0) is 39.9 Å². The Bertz CT molecular complexity index is 305. The zero-order chi connectivity index (χ0) is 11.4. The lowest BCUT2D eigenvalue weighted by Gasteiger charge is -2.19. The van der Waals surface area contributed by atoms with Gasteiger partial charge < -0.3 is 10.5 Å². The number of hydrogen-bond acceptors (Lipinski definition) is 5. The third-order valence-corrected chi connectivity index (χ3v) is 1.21. The van der Waals surface area contributed by atoms with Crippen LogP contribution in [0.1, 0.15) is 27.7 Å². The number of carbonyl (C=O) groups excluding carboxylic acids is 1. The quantitative estimate of drug-likeness (QED) is 0.328. The van der Waals surface area contributed by atoms with Crippen molar-refractivity contribution < 1.29 is 9.53 Å². The molecule has 0 fully saturated rings. The summed E-state index contributed by atoms with van der Waals surface area (Å²) in [5.74, 6) is -0.588. The molecule has 0 aliphatic rings. The number of nitrogens with two attached hydrogens (primary N) is 1. The third kappa shape index (κ3) is 4.74. The van der Waals surface area contributed by atoms with Gasteiger partial charge in [-0.2, -0.15) is 4.99 Å². The van der Waals surface area contributed by atoms with Gasteiger partial charge in [0.1, 0.15) is 5.60 Å². The Kier molecular flexibility index (Phi) is 4.47. The van der Waals surface area contributed by atoms with Gasteiger partial charge in [0.2, 0.25) is 0 Å². The number of hydrogen-bond donors (Lipinski definition) is 1. The molecule has 0 unspecified atom stereocenters. The van der Waals surface area contributed by atoms with E-state index in [9.17, 15) is 4.79 Å². The number of nitrogens with zero attached hydrogens (tertiary/aromatic N) is 1. The van der Waals surface area contributed by atoms with Crippen molar-refractivity contribution in [3.05, 3.63) is 11.4 Å². The van der Waals surface area contributed by atoms with E-state index < -0.39 is 11.6 Å². The van der Waals surface area contributed by atoms with Crippen molar-refractivity contribution in [2.45, 2.75) is 33.3 Å². The monoisotopic (exact) mass is 214 g/mol. The minimum atomic E-state index is -0.588. The summed E-state index contributed by atoms with van der Waals surface area (Å²) < 4.78 is 5.06. The van der Waals surface area contributed by atoms with E-state index in [-0.39, 0.29) is 11.4 Å². The van der Waals surface area contributed by atoms with Gasteiger partial charge in [0.15, 0.2) is 5.70 Å². The molecule has 14 heavy (non-hydrogen) atoms. The molecular formula is C9H14N2O2S. The van der Waals surface area contributed by atoms with Crippen LogP contribution in [-0.4, -0.2) is 16.7 Å². The standard InChI is InChI=1S/C9H14N2O2S/c1-6(10)7(11-5-14)8(12)13-9(2,3)4/h10H2,1-4H3/b7-6+. The van der Waals surface area contributed by atoms with E-state index in [4.69, 9.17) is 10.5 Å². The lowest BCUT2D eigenvalue weighted by molar-refractivity contribution is -0.149. The second-order valence-electron chi connectivity index (χ2n) is 3.74. The highest BCUT2D eigenvalue weighted by atomic mass is 32.1. The van der Waals surface area contributed by atoms with Crippen LogP contribution in [-0.2, 0) is 9.53 Å². The predicted molar refractivity (Wildman–Crippen MR) is 57.8 cm³/mol. The van der Waals surface area contributed by atoms with Crippen molar-refractivity contribution in [1.29, 1.82) is 0 Å². The fourth-order valence-corrected chi connectivity index (χ4v) is 0.758. The topological polar surface area (TPSA) is 64.7 Å². The van der Waals surface area contributed by atoms with Crippen molar-refractivity contribution >= 4 is 23.3 Å². The molecule has 0 aliphatic carbocycles. The van der Waals surface area contributed by atoms with Gasteiger partial charge in [-0.1, -0.05) is 0 Å². The van der Waals surface area contributed by atoms with Crippen molar-refractivity contribution in [1.82, 2.24) is 0 Å². The Morgan fingerprint density at radius 3 is 2.29 bits per heavy atom. The van der Waals surface area contributed by atoms with Crippen LogP contribution in [0, 0.1) is 0 Å². The van der Waals surface area contributed by atoms with E-state index in [0.29, 0.717) is 0 Å². The van der Waals surface area contributed by atoms with Crippen LogP contribution >= 0.6 is 12.2 Å². The summed E-state index contributed by atoms with van der Waals surface area (Å²) in [4.78, 5) is 15.0. The minimum absolute atomic E-state index is 0.00919. The first-order chi connectivity index (χ1) is 6.28. The van der Waals surface area contributed by atoms with Gasteiger partial charge in [0.05, 0.1) is 5.16 Å². The SMILES string of the molecule is C/C(N)=C(\N=C=S)C(=O)OC(C)(C)C. The summed E-state index contributed by atoms with van der Waals surface area (Å²) in [7, 11) is 0. The van der Waals surface area contributed by atoms with Gasteiger partial charge in [-0.25, -0.2) is 4.79 Å². The van der Waals surface area contributed by atoms with Crippen LogP contribution in [0.5, 0.6) is 0 Å². The largest absolute Gasteiger partial charge is 0.455 e. The highest BCUT2D eigenvalue weighted by molar-refractivity contribution is 7.78. The van der Waals surface area contributed by atoms with Crippen LogP contribution in [0.25, 0.3) is 0 Å². The Morgan fingerprint density at radius 2 is 2.00 bits per heavy atom. The number of thiocarbonyl (C=S) groups is 1. The van der Waals surface area contributed by atoms with Gasteiger partial charge in [-0.3, -0.25) is 0 Å². The number of rotatable bonds is 2. The fourth-order valence-electron chi connectivity index (χ4n) is 0.667. The smallest absolute Gasteiger partial charge is 0.360 e. The summed E-state index contributed by atoms with van der Waals surface area (Å²) in [6.07, 6.45) is 0. The average Bonchev–Trinajstić information content (AvgIpc) is 1.95. The highest BCUT2D eigenvalue weighted by Crippen LogP contribution is 2.12. The summed E-state index contributed by atoms with van der Waals surface area (Å²) >= 11 is 4.39. The van der Waals surface area contributed by atoms with Crippen molar-refractivity contribution in [3.63, 3.8) is 0 Å². The first kappa shape index (κ1) is 12.8. The maximum atomic E-state index is 11.5. The molecule has 0 atom stereocenters. The van der Waals surface area contributed by atoms with E-state index in [1.165, 1.54) is 0 Å². The zero-order valence-electron chi connectivity index (χ0n) is 8.75. The molecule has 0 aliphatic heterocycles. The lowest BCUT2D eigenvalue weighted by atomic mass is 10.2. The summed E-state index contributed by atoms with van der Waals surface area (Å²) in [6.45, 7) is 6.83. The number of aliphatic imine (C=N–C) groups is 1. The number of isothiocyanates is 1. The number of ether oxygens (including phenoxy) is 1. The van der Waals surface area contributed by atoms with Crippen molar-refractivity contribution in [3.8, 4) is 0 Å². The van der Waals surface area contributed by atoms with Gasteiger partial charge >= 0.3 is 5.97 Å². The molecule has 0 bridgehead atoms. The molecule has 4 nitrogen and oxygen atoms in total. The van der Waals surface area contributed by atoms with Crippen LogP contribution < -0.4 is 5.73 Å². The molecule has 0 aromatic heterocycles. The molecule has 0 spiro atoms. The molecule has 0 radical (unpaired) electrons. The number of carbonyl (C=O) groups is 1. The maximum absolute atomic E-state index is 11.5. The van der Waals surface area contributed by atoms with Gasteiger partial charge in [0.25, 0.3) is 0 Å². The molecular weight excluding hydrogens is 200 g/mol. The van der Waals surface area contributed by atoms with Crippen LogP contribution in [0.15, 0.2) is 16.4 Å². The number of allylic oxidation sites excluding steroid dienone is 1. The molecule has 0 aromatic rings. The molecule has 78 valence electrons. The summed E-state index contributed by atoms with van der Waals surface area (Å²) in [6, 6.07) is 0. The maximum Gasteiger partial charge on any atom is 0.360 e. The Labute approximate surface area is 88.8 Å². The van der Waals surface area contributed by atoms with Crippen molar-refractivity contribution in [2.75, 3.05) is 0 Å². The van der Waals surface area contributed by atoms with Crippen LogP contribution in [0.4, 0.5) is 0 Å². The molecule has 0 heterocycles. The van der Waals surface area contributed by atoms with E-state index in [2.05, 4.69) is 22.4 Å². The molecule has 0 rings (SSSR count). The molecule has 0 saturated heterocycles. The second-order valence-corrected chi connectivity index (χ2v) is 3.92. The Hall–Kier alpha value is -1.19. The van der Waals surface area contributed by atoms with Gasteiger partial charge in [0, 0.05) is 5.70 Å². The predicted octanol–water partition coefficient (Wildman–Crippen LogP) is 1.62. The summed E-state index contributed by atoms with van der Waals surface area (Å²) in [5.41, 5.74) is 5.14.